The molecule has 12 heteroatoms. The smallest absolute Gasteiger partial charge is 0.268 e. The summed E-state index contributed by atoms with van der Waals surface area (Å²) in [6.07, 6.45) is 1.66. The Morgan fingerprint density at radius 3 is 2.54 bits per heavy atom. The number of benzene rings is 2. The quantitative estimate of drug-likeness (QED) is 0.252. The Morgan fingerprint density at radius 1 is 1.17 bits per heavy atom. The van der Waals surface area contributed by atoms with Crippen molar-refractivity contribution in [3.8, 4) is 0 Å². The van der Waals surface area contributed by atoms with Crippen molar-refractivity contribution in [3.63, 3.8) is 0 Å². The fourth-order valence-electron chi connectivity index (χ4n) is 3.60. The highest BCUT2D eigenvalue weighted by molar-refractivity contribution is 7.75. The fourth-order valence-corrected chi connectivity index (χ4v) is 6.30. The Morgan fingerprint density at radius 2 is 1.89 bits per heavy atom. The third-order valence-electron chi connectivity index (χ3n) is 5.23. The maximum Gasteiger partial charge on any atom is 0.268 e. The van der Waals surface area contributed by atoms with Gasteiger partial charge in [0.1, 0.15) is 17.3 Å². The molecule has 2 heterocycles. The minimum atomic E-state index is -4.03. The molecule has 1 amide bonds. The van der Waals surface area contributed by atoms with Crippen LogP contribution in [-0.4, -0.2) is 23.0 Å². The lowest BCUT2D eigenvalue weighted by Gasteiger charge is -2.19. The highest BCUT2D eigenvalue weighted by Gasteiger charge is 2.36. The summed E-state index contributed by atoms with van der Waals surface area (Å²) in [4.78, 5) is 22.9. The molecule has 0 saturated carbocycles. The molecule has 2 N–H and O–H groups in total. The van der Waals surface area contributed by atoms with E-state index in [9.17, 15) is 18.1 Å². The summed E-state index contributed by atoms with van der Waals surface area (Å²) in [5, 5.41) is 3.28. The van der Waals surface area contributed by atoms with E-state index in [1.54, 1.807) is 12.1 Å². The van der Waals surface area contributed by atoms with E-state index in [0.717, 1.165) is 12.4 Å². The van der Waals surface area contributed by atoms with Crippen LogP contribution in [-0.2, 0) is 15.6 Å². The maximum atomic E-state index is 14.3. The summed E-state index contributed by atoms with van der Waals surface area (Å²) in [6.45, 7) is 6.80. The predicted molar refractivity (Wildman–Crippen MR) is 130 cm³/mol. The van der Waals surface area contributed by atoms with Crippen molar-refractivity contribution in [1.82, 2.24) is 15.3 Å². The van der Waals surface area contributed by atoms with Gasteiger partial charge in [-0.3, -0.25) is 14.3 Å². The van der Waals surface area contributed by atoms with Crippen LogP contribution in [0.4, 0.5) is 14.5 Å². The number of carbonyl (C=O) groups is 1. The highest BCUT2D eigenvalue weighted by Crippen LogP contribution is 2.48. The van der Waals surface area contributed by atoms with Crippen LogP contribution >= 0.6 is 30.6 Å². The fraction of sp³-hybridized carbons (Fsp3) is 0.0870. The van der Waals surface area contributed by atoms with Crippen LogP contribution in [0, 0.1) is 18.2 Å². The summed E-state index contributed by atoms with van der Waals surface area (Å²) >= 11 is 12.3. The van der Waals surface area contributed by atoms with E-state index in [-0.39, 0.29) is 32.6 Å². The highest BCUT2D eigenvalue weighted by atomic mass is 35.5. The zero-order chi connectivity index (χ0) is 25.3. The van der Waals surface area contributed by atoms with Crippen molar-refractivity contribution in [1.29, 1.82) is 0 Å². The molecule has 2 aromatic heterocycles. The molecule has 178 valence electrons. The third kappa shape index (κ3) is 4.66. The van der Waals surface area contributed by atoms with Crippen molar-refractivity contribution >= 4 is 63.7 Å². The first-order valence-corrected chi connectivity index (χ1v) is 12.3. The molecular formula is C23H15Cl2F2N4O3P. The molecule has 0 saturated heterocycles. The number of hydrogen-bond acceptors (Lipinski definition) is 4. The maximum absolute atomic E-state index is 14.3. The zero-order valence-corrected chi connectivity index (χ0v) is 20.3. The second-order valence-corrected chi connectivity index (χ2v) is 10.6. The summed E-state index contributed by atoms with van der Waals surface area (Å²) in [5.74, 6) is -2.66. The Kier molecular flexibility index (Phi) is 6.93. The molecule has 0 aliphatic carbocycles. The number of pyridine rings is 1. The van der Waals surface area contributed by atoms with Crippen LogP contribution in [0.2, 0.25) is 10.0 Å². The molecule has 1 atom stereocenters. The van der Waals surface area contributed by atoms with E-state index >= 15 is 0 Å². The zero-order valence-electron chi connectivity index (χ0n) is 17.9. The van der Waals surface area contributed by atoms with E-state index in [2.05, 4.69) is 20.1 Å². The molecule has 7 nitrogen and oxygen atoms in total. The number of nitrogens with zero attached hydrogens (tertiary/aromatic N) is 2. The topological polar surface area (TPSA) is 88.4 Å². The van der Waals surface area contributed by atoms with Crippen LogP contribution in [0.25, 0.3) is 15.7 Å². The number of halogens is 4. The summed E-state index contributed by atoms with van der Waals surface area (Å²) in [7, 11) is -2.83. The Hall–Kier alpha value is -3.28. The average Bonchev–Trinajstić information content (AvgIpc) is 3.22. The van der Waals surface area contributed by atoms with E-state index in [4.69, 9.17) is 34.3 Å². The average molecular weight is 535 g/mol. The van der Waals surface area contributed by atoms with Gasteiger partial charge in [-0.1, -0.05) is 23.2 Å². The molecule has 0 aliphatic rings. The minimum absolute atomic E-state index is 0.0242. The number of carbonyl (C=O) groups excluding carboxylic acids is 1. The Labute approximate surface area is 208 Å². The van der Waals surface area contributed by atoms with E-state index in [1.807, 2.05) is 0 Å². The second-order valence-electron chi connectivity index (χ2n) is 7.32. The van der Waals surface area contributed by atoms with Crippen molar-refractivity contribution in [2.24, 2.45) is 0 Å². The largest absolute Gasteiger partial charge is 0.350 e. The summed E-state index contributed by atoms with van der Waals surface area (Å²) < 4.78 is 47.8. The molecule has 2 aromatic carbocycles. The lowest BCUT2D eigenvalue weighted by atomic mass is 10.2. The first-order chi connectivity index (χ1) is 16.7. The Bertz CT molecular complexity index is 1550. The number of H-pyrrole nitrogens is 1. The number of aromatic amines is 1. The van der Waals surface area contributed by atoms with Gasteiger partial charge in [0.25, 0.3) is 13.3 Å². The molecule has 35 heavy (non-hydrogen) atoms. The molecule has 4 rings (SSSR count). The lowest BCUT2D eigenvalue weighted by Crippen LogP contribution is -2.30. The van der Waals surface area contributed by atoms with Crippen LogP contribution in [0.15, 0.2) is 48.8 Å². The first kappa shape index (κ1) is 24.8. The predicted octanol–water partition coefficient (Wildman–Crippen LogP) is 5.50. The monoisotopic (exact) mass is 534 g/mol. The van der Waals surface area contributed by atoms with Crippen LogP contribution < -0.4 is 15.9 Å². The number of fused-ring (bicyclic) bond motifs is 1. The molecule has 4 aromatic rings. The minimum Gasteiger partial charge on any atom is -0.350 e. The molecule has 0 aliphatic heterocycles. The molecule has 0 spiro atoms. The molecule has 1 unspecified atom stereocenters. The van der Waals surface area contributed by atoms with Gasteiger partial charge < -0.3 is 14.8 Å². The van der Waals surface area contributed by atoms with Crippen molar-refractivity contribution in [3.05, 3.63) is 93.1 Å². The van der Waals surface area contributed by atoms with Gasteiger partial charge in [0, 0.05) is 45.5 Å². The van der Waals surface area contributed by atoms with Gasteiger partial charge in [-0.25, -0.2) is 13.6 Å². The first-order valence-electron chi connectivity index (χ1n) is 9.90. The van der Waals surface area contributed by atoms with Crippen molar-refractivity contribution in [2.45, 2.75) is 6.54 Å². The van der Waals surface area contributed by atoms with Gasteiger partial charge in [0.2, 0.25) is 0 Å². The normalized spacial score (nSPS) is 12.8. The van der Waals surface area contributed by atoms with Crippen LogP contribution in [0.1, 0.15) is 16.1 Å². The number of rotatable bonds is 6. The molecular weight excluding hydrogens is 520 g/mol. The number of aromatic nitrogens is 2. The van der Waals surface area contributed by atoms with Crippen LogP contribution in [0.3, 0.4) is 0 Å². The lowest BCUT2D eigenvalue weighted by molar-refractivity contribution is 0.0947. The van der Waals surface area contributed by atoms with Gasteiger partial charge >= 0.3 is 0 Å². The van der Waals surface area contributed by atoms with Gasteiger partial charge in [0.15, 0.2) is 5.69 Å². The number of hydrogen-bond donors (Lipinski definition) is 2. The molecule has 0 radical (unpaired) electrons. The standard InChI is InChI=1S/C23H15Cl2F2N4O3P/c1-28-14-5-13(25)6-15(8-14)35(33,34-2)22-16-7-12(24)3-4-20(16)31-21(22)23(32)30-9-17-18(26)10-29-11-19(17)27/h3-8,10-11,31H,9H2,2H3,(H,30,32). The van der Waals surface area contributed by atoms with Gasteiger partial charge in [-0.15, -0.1) is 0 Å². The van der Waals surface area contributed by atoms with Gasteiger partial charge in [-0.2, -0.15) is 0 Å². The summed E-state index contributed by atoms with van der Waals surface area (Å²) in [6, 6.07) is 8.80. The van der Waals surface area contributed by atoms with Gasteiger partial charge in [0.05, 0.1) is 24.3 Å². The molecule has 0 bridgehead atoms. The van der Waals surface area contributed by atoms with Crippen molar-refractivity contribution < 1.29 is 22.7 Å². The third-order valence-corrected chi connectivity index (χ3v) is 8.18. The second kappa shape index (κ2) is 9.76. The van der Waals surface area contributed by atoms with E-state index in [1.165, 1.54) is 31.4 Å². The van der Waals surface area contributed by atoms with E-state index < -0.39 is 31.5 Å². The molecule has 0 fully saturated rings. The van der Waals surface area contributed by atoms with Gasteiger partial charge in [-0.05, 0) is 36.4 Å². The Balaban J connectivity index is 1.88. The van der Waals surface area contributed by atoms with Crippen molar-refractivity contribution in [2.75, 3.05) is 7.11 Å². The summed E-state index contributed by atoms with van der Waals surface area (Å²) in [5.41, 5.74) is -0.00926. The number of amides is 1. The number of nitrogens with one attached hydrogen (secondary N) is 2. The van der Waals surface area contributed by atoms with E-state index in [0.29, 0.717) is 15.9 Å². The SMILES string of the molecule is [C-]#[N+]c1cc(Cl)cc(P(=O)(OC)c2c(C(=O)NCc3c(F)cncc3F)[nH]c3ccc(Cl)cc23)c1. The van der Waals surface area contributed by atoms with Crippen LogP contribution in [0.5, 0.6) is 0 Å².